The van der Waals surface area contributed by atoms with Crippen LogP contribution in [0, 0.1) is 0 Å². The van der Waals surface area contributed by atoms with Crippen molar-refractivity contribution in [3.63, 3.8) is 0 Å². The van der Waals surface area contributed by atoms with Crippen molar-refractivity contribution >= 4 is 11.8 Å². The van der Waals surface area contributed by atoms with E-state index in [1.54, 1.807) is 0 Å². The second-order valence-corrected chi connectivity index (χ2v) is 5.14. The van der Waals surface area contributed by atoms with Gasteiger partial charge in [-0.1, -0.05) is 6.42 Å². The van der Waals surface area contributed by atoms with E-state index in [-0.39, 0.29) is 0 Å². The first-order valence-electron chi connectivity index (χ1n) is 5.39. The van der Waals surface area contributed by atoms with Gasteiger partial charge in [0.05, 0.1) is 0 Å². The van der Waals surface area contributed by atoms with Crippen molar-refractivity contribution in [1.82, 2.24) is 10.2 Å². The van der Waals surface area contributed by atoms with Gasteiger partial charge in [0.25, 0.3) is 0 Å². The van der Waals surface area contributed by atoms with Gasteiger partial charge in [-0.15, -0.1) is 0 Å². The van der Waals surface area contributed by atoms with Crippen LogP contribution in [0.25, 0.3) is 0 Å². The summed E-state index contributed by atoms with van der Waals surface area (Å²) in [6.45, 7) is 4.92. The molecular weight excluding hydrogens is 180 g/mol. The minimum Gasteiger partial charge on any atom is -0.314 e. The Morgan fingerprint density at radius 3 is 2.69 bits per heavy atom. The van der Waals surface area contributed by atoms with Crippen molar-refractivity contribution in [2.45, 2.75) is 30.6 Å². The van der Waals surface area contributed by atoms with Crippen LogP contribution in [0.2, 0.25) is 0 Å². The number of thioether (sulfide) groups is 1. The quantitative estimate of drug-likeness (QED) is 0.720. The second-order valence-electron chi connectivity index (χ2n) is 4.06. The summed E-state index contributed by atoms with van der Waals surface area (Å²) >= 11 is 2.07. The summed E-state index contributed by atoms with van der Waals surface area (Å²) < 4.78 is 0. The van der Waals surface area contributed by atoms with Crippen LogP contribution < -0.4 is 5.32 Å². The van der Waals surface area contributed by atoms with Gasteiger partial charge in [-0.25, -0.2) is 0 Å². The standard InChI is InChI=1S/C10H20N2S/c1-13-10-4-2-3-9(10)12-7-5-11-6-8-12/h9-11H,2-8H2,1H3. The third kappa shape index (κ3) is 2.20. The molecule has 0 aromatic rings. The largest absolute Gasteiger partial charge is 0.314 e. The number of nitrogens with zero attached hydrogens (tertiary/aromatic N) is 1. The smallest absolute Gasteiger partial charge is 0.0215 e. The van der Waals surface area contributed by atoms with Crippen molar-refractivity contribution in [1.29, 1.82) is 0 Å². The van der Waals surface area contributed by atoms with Crippen LogP contribution in [0.5, 0.6) is 0 Å². The highest BCUT2D eigenvalue weighted by Crippen LogP contribution is 2.32. The molecule has 2 nitrogen and oxygen atoms in total. The number of hydrogen-bond acceptors (Lipinski definition) is 3. The van der Waals surface area contributed by atoms with E-state index in [9.17, 15) is 0 Å². The van der Waals surface area contributed by atoms with Crippen LogP contribution in [-0.4, -0.2) is 48.6 Å². The van der Waals surface area contributed by atoms with Gasteiger partial charge in [-0.2, -0.15) is 11.8 Å². The zero-order valence-corrected chi connectivity index (χ0v) is 9.28. The van der Waals surface area contributed by atoms with Crippen LogP contribution >= 0.6 is 11.8 Å². The molecular formula is C10H20N2S. The van der Waals surface area contributed by atoms with E-state index in [0.29, 0.717) is 0 Å². The predicted molar refractivity (Wildman–Crippen MR) is 59.4 cm³/mol. The monoisotopic (exact) mass is 200 g/mol. The van der Waals surface area contributed by atoms with E-state index >= 15 is 0 Å². The molecule has 0 amide bonds. The molecule has 76 valence electrons. The summed E-state index contributed by atoms with van der Waals surface area (Å²) in [6.07, 6.45) is 6.59. The molecule has 13 heavy (non-hydrogen) atoms. The van der Waals surface area contributed by atoms with Crippen molar-refractivity contribution in [3.8, 4) is 0 Å². The third-order valence-corrected chi connectivity index (χ3v) is 4.50. The average molecular weight is 200 g/mol. The van der Waals surface area contributed by atoms with E-state index in [4.69, 9.17) is 0 Å². The van der Waals surface area contributed by atoms with Crippen LogP contribution in [0.1, 0.15) is 19.3 Å². The summed E-state index contributed by atoms with van der Waals surface area (Å²) in [7, 11) is 0. The summed E-state index contributed by atoms with van der Waals surface area (Å²) in [6, 6.07) is 0.886. The highest BCUT2D eigenvalue weighted by Gasteiger charge is 2.31. The maximum atomic E-state index is 3.42. The lowest BCUT2D eigenvalue weighted by molar-refractivity contribution is 0.179. The summed E-state index contributed by atoms with van der Waals surface area (Å²) in [5, 5.41) is 4.34. The van der Waals surface area contributed by atoms with Gasteiger partial charge in [0.2, 0.25) is 0 Å². The molecule has 1 aliphatic carbocycles. The number of hydrogen-bond donors (Lipinski definition) is 1. The predicted octanol–water partition coefficient (Wildman–Crippen LogP) is 1.18. The minimum atomic E-state index is 0.886. The topological polar surface area (TPSA) is 15.3 Å². The zero-order chi connectivity index (χ0) is 9.10. The molecule has 1 saturated carbocycles. The molecule has 3 heteroatoms. The van der Waals surface area contributed by atoms with Crippen molar-refractivity contribution in [2.75, 3.05) is 32.4 Å². The molecule has 1 aliphatic heterocycles. The minimum absolute atomic E-state index is 0.886. The summed E-state index contributed by atoms with van der Waals surface area (Å²) in [4.78, 5) is 2.70. The highest BCUT2D eigenvalue weighted by atomic mass is 32.2. The van der Waals surface area contributed by atoms with Crippen LogP contribution in [0.3, 0.4) is 0 Å². The Morgan fingerprint density at radius 1 is 1.23 bits per heavy atom. The number of piperazine rings is 1. The normalized spacial score (nSPS) is 36.7. The van der Waals surface area contributed by atoms with Crippen molar-refractivity contribution in [3.05, 3.63) is 0 Å². The molecule has 2 fully saturated rings. The molecule has 1 heterocycles. The molecule has 2 rings (SSSR count). The molecule has 0 aromatic carbocycles. The fourth-order valence-corrected chi connectivity index (χ4v) is 3.64. The van der Waals surface area contributed by atoms with E-state index < -0.39 is 0 Å². The van der Waals surface area contributed by atoms with E-state index in [2.05, 4.69) is 28.2 Å². The fraction of sp³-hybridized carbons (Fsp3) is 1.00. The summed E-state index contributed by atoms with van der Waals surface area (Å²) in [5.41, 5.74) is 0. The molecule has 0 radical (unpaired) electrons. The van der Waals surface area contributed by atoms with Gasteiger partial charge in [0.1, 0.15) is 0 Å². The van der Waals surface area contributed by atoms with Gasteiger partial charge >= 0.3 is 0 Å². The Labute approximate surface area is 85.4 Å². The Bertz CT molecular complexity index is 157. The second kappa shape index (κ2) is 4.67. The van der Waals surface area contributed by atoms with Crippen LogP contribution in [-0.2, 0) is 0 Å². The lowest BCUT2D eigenvalue weighted by Crippen LogP contribution is -2.50. The first-order valence-corrected chi connectivity index (χ1v) is 6.68. The first-order chi connectivity index (χ1) is 6.42. The number of rotatable bonds is 2. The van der Waals surface area contributed by atoms with E-state index in [1.165, 1.54) is 45.4 Å². The van der Waals surface area contributed by atoms with Gasteiger partial charge in [0.15, 0.2) is 0 Å². The van der Waals surface area contributed by atoms with Gasteiger partial charge in [-0.05, 0) is 19.1 Å². The Balaban J connectivity index is 1.90. The molecule has 2 aliphatic rings. The summed E-state index contributed by atoms with van der Waals surface area (Å²) in [5.74, 6) is 0. The Hall–Kier alpha value is 0.270. The maximum absolute atomic E-state index is 3.42. The molecule has 0 spiro atoms. The lowest BCUT2D eigenvalue weighted by atomic mass is 10.2. The van der Waals surface area contributed by atoms with Gasteiger partial charge in [0, 0.05) is 37.5 Å². The molecule has 0 aromatic heterocycles. The van der Waals surface area contributed by atoms with Crippen LogP contribution in [0.15, 0.2) is 0 Å². The van der Waals surface area contributed by atoms with Crippen molar-refractivity contribution < 1.29 is 0 Å². The zero-order valence-electron chi connectivity index (χ0n) is 8.46. The molecule has 1 saturated heterocycles. The SMILES string of the molecule is CSC1CCCC1N1CCNCC1. The van der Waals surface area contributed by atoms with E-state index in [1.807, 2.05) is 0 Å². The molecule has 1 N–H and O–H groups in total. The third-order valence-electron chi connectivity index (χ3n) is 3.34. The molecule has 0 bridgehead atoms. The average Bonchev–Trinajstić information content (AvgIpc) is 2.67. The first kappa shape index (κ1) is 9.81. The fourth-order valence-electron chi connectivity index (χ4n) is 2.61. The Morgan fingerprint density at radius 2 is 2.00 bits per heavy atom. The maximum Gasteiger partial charge on any atom is 0.0215 e. The van der Waals surface area contributed by atoms with Crippen LogP contribution in [0.4, 0.5) is 0 Å². The molecule has 2 unspecified atom stereocenters. The van der Waals surface area contributed by atoms with Gasteiger partial charge in [-0.3, -0.25) is 4.90 Å². The number of nitrogens with one attached hydrogen (secondary N) is 1. The highest BCUT2D eigenvalue weighted by molar-refractivity contribution is 7.99. The molecule has 2 atom stereocenters. The Kier molecular flexibility index (Phi) is 3.52. The lowest BCUT2D eigenvalue weighted by Gasteiger charge is -2.35. The van der Waals surface area contributed by atoms with Crippen molar-refractivity contribution in [2.24, 2.45) is 0 Å². The van der Waals surface area contributed by atoms with Gasteiger partial charge < -0.3 is 5.32 Å². The van der Waals surface area contributed by atoms with E-state index in [0.717, 1.165) is 11.3 Å².